The van der Waals surface area contributed by atoms with Crippen LogP contribution in [0.15, 0.2) is 27.7 Å². The van der Waals surface area contributed by atoms with E-state index in [2.05, 4.69) is 40.6 Å². The number of carbonyl (C=O) groups is 1. The van der Waals surface area contributed by atoms with Crippen LogP contribution in [0.4, 0.5) is 9.18 Å². The van der Waals surface area contributed by atoms with Crippen LogP contribution in [-0.4, -0.2) is 68.0 Å². The molecule has 178 valence electrons. The zero-order valence-electron chi connectivity index (χ0n) is 18.9. The van der Waals surface area contributed by atoms with E-state index < -0.39 is 40.3 Å². The lowest BCUT2D eigenvalue weighted by Gasteiger charge is -2.44. The van der Waals surface area contributed by atoms with Crippen molar-refractivity contribution in [2.24, 2.45) is 4.99 Å². The molecule has 3 rings (SSSR count). The average Bonchev–Trinajstić information content (AvgIpc) is 3.48. The quantitative estimate of drug-likeness (QED) is 0.324. The molecule has 12 heteroatoms. The average molecular weight is 551 g/mol. The molecule has 1 aromatic carbocycles. The number of rotatable bonds is 6. The van der Waals surface area contributed by atoms with Crippen molar-refractivity contribution >= 4 is 46.1 Å². The number of carboxylic acid groups (broad SMARTS) is 1. The summed E-state index contributed by atoms with van der Waals surface area (Å²) in [6.07, 6.45) is -0.792. The Bertz CT molecular complexity index is 1060. The van der Waals surface area contributed by atoms with Crippen molar-refractivity contribution in [1.29, 1.82) is 0 Å². The van der Waals surface area contributed by atoms with Gasteiger partial charge in [0.1, 0.15) is 22.8 Å². The fourth-order valence-corrected chi connectivity index (χ4v) is 7.26. The molecule has 8 nitrogen and oxygen atoms in total. The molecule has 1 saturated carbocycles. The van der Waals surface area contributed by atoms with Gasteiger partial charge in [0, 0.05) is 31.8 Å². The van der Waals surface area contributed by atoms with Gasteiger partial charge in [-0.25, -0.2) is 31.8 Å². The van der Waals surface area contributed by atoms with Crippen LogP contribution in [0.2, 0.25) is 25.7 Å². The van der Waals surface area contributed by atoms with E-state index in [4.69, 9.17) is 4.74 Å². The number of nitrogens with zero attached hydrogens (tertiary/aromatic N) is 3. The molecule has 0 radical (unpaired) electrons. The predicted octanol–water partition coefficient (Wildman–Crippen LogP) is 4.26. The van der Waals surface area contributed by atoms with Gasteiger partial charge >= 0.3 is 6.09 Å². The molecule has 2 aliphatic rings. The molecule has 1 aliphatic heterocycles. The highest BCUT2D eigenvalue weighted by Gasteiger charge is 2.71. The second-order valence-corrected chi connectivity index (χ2v) is 18.4. The van der Waals surface area contributed by atoms with Crippen LogP contribution in [0.3, 0.4) is 0 Å². The highest BCUT2D eigenvalue weighted by Crippen LogP contribution is 2.61. The van der Waals surface area contributed by atoms with Crippen LogP contribution in [-0.2, 0) is 20.3 Å². The zero-order valence-corrected chi connectivity index (χ0v) is 22.3. The van der Waals surface area contributed by atoms with Crippen molar-refractivity contribution in [2.75, 3.05) is 20.4 Å². The van der Waals surface area contributed by atoms with E-state index in [0.717, 1.165) is 15.2 Å². The molecule has 1 aromatic rings. The van der Waals surface area contributed by atoms with Crippen LogP contribution in [0.1, 0.15) is 25.3 Å². The molecule has 1 aliphatic carbocycles. The summed E-state index contributed by atoms with van der Waals surface area (Å²) in [6.45, 7) is 8.05. The first-order chi connectivity index (χ1) is 14.7. The summed E-state index contributed by atoms with van der Waals surface area (Å²) in [5.41, 5.74) is -1.41. The second-order valence-electron chi connectivity index (χ2n) is 9.63. The molecule has 0 bridgehead atoms. The fraction of sp³-hybridized carbons (Fsp3) is 0.600. The van der Waals surface area contributed by atoms with Crippen molar-refractivity contribution < 1.29 is 27.4 Å². The van der Waals surface area contributed by atoms with Crippen LogP contribution in [0, 0.1) is 5.82 Å². The van der Waals surface area contributed by atoms with Gasteiger partial charge in [-0.05, 0) is 44.0 Å². The topological polar surface area (TPSA) is 99.5 Å². The maximum absolute atomic E-state index is 14.9. The molecule has 32 heavy (non-hydrogen) atoms. The first kappa shape index (κ1) is 25.1. The van der Waals surface area contributed by atoms with Crippen molar-refractivity contribution in [3.63, 3.8) is 0 Å². The molecule has 0 aromatic heterocycles. The summed E-state index contributed by atoms with van der Waals surface area (Å²) in [7, 11) is -4.14. The van der Waals surface area contributed by atoms with E-state index in [-0.39, 0.29) is 18.3 Å². The van der Waals surface area contributed by atoms with Gasteiger partial charge in [0.05, 0.1) is 0 Å². The lowest BCUT2D eigenvalue weighted by Crippen LogP contribution is -2.60. The zero-order chi connectivity index (χ0) is 24.1. The third-order valence-electron chi connectivity index (χ3n) is 6.19. The number of hydrogen-bond donors (Lipinski definition) is 1. The van der Waals surface area contributed by atoms with Gasteiger partial charge < -0.3 is 9.84 Å². The van der Waals surface area contributed by atoms with Crippen LogP contribution in [0.5, 0.6) is 0 Å². The summed E-state index contributed by atoms with van der Waals surface area (Å²) in [6, 6.07) is 5.10. The van der Waals surface area contributed by atoms with Gasteiger partial charge in [-0.15, -0.1) is 0 Å². The Morgan fingerprint density at radius 3 is 2.53 bits per heavy atom. The van der Waals surface area contributed by atoms with Gasteiger partial charge in [-0.2, -0.15) is 0 Å². The lowest BCUT2D eigenvalue weighted by molar-refractivity contribution is 0.0649. The number of aliphatic imine (C=N–C) groups is 1. The number of halogens is 2. The number of amides is 1. The first-order valence-corrected chi connectivity index (χ1v) is 16.2. The Balaban J connectivity index is 2.07. The molecule has 1 fully saturated rings. The Hall–Kier alpha value is -1.50. The molecule has 1 amide bonds. The van der Waals surface area contributed by atoms with Gasteiger partial charge in [0.15, 0.2) is 0 Å². The van der Waals surface area contributed by atoms with Crippen LogP contribution in [0.25, 0.3) is 0 Å². The Morgan fingerprint density at radius 1 is 1.38 bits per heavy atom. The predicted molar refractivity (Wildman–Crippen MR) is 126 cm³/mol. The standard InChI is InChI=1S/C20H29BrFN3O5SSi/c1-19(15-12-14(21)6-7-16(15)22)20(8-9-20)31(28,29)24(2)17(23-19)25(18(26)27)13-30-10-11-32(3,4)5/h6-7,12H,8-11,13H2,1-5H3,(H,26,27). The van der Waals surface area contributed by atoms with E-state index in [0.29, 0.717) is 23.9 Å². The highest BCUT2D eigenvalue weighted by atomic mass is 79.9. The van der Waals surface area contributed by atoms with Crippen LogP contribution < -0.4 is 0 Å². The van der Waals surface area contributed by atoms with E-state index >= 15 is 0 Å². The lowest BCUT2D eigenvalue weighted by atomic mass is 9.86. The highest BCUT2D eigenvalue weighted by molar-refractivity contribution is 9.10. The minimum absolute atomic E-state index is 0.100. The van der Waals surface area contributed by atoms with E-state index in [1.165, 1.54) is 25.2 Å². The Morgan fingerprint density at radius 2 is 2.00 bits per heavy atom. The van der Waals surface area contributed by atoms with E-state index in [1.54, 1.807) is 6.92 Å². The molecule has 1 heterocycles. The van der Waals surface area contributed by atoms with Crippen molar-refractivity contribution in [3.8, 4) is 0 Å². The van der Waals surface area contributed by atoms with Gasteiger partial charge in [0.2, 0.25) is 16.0 Å². The molecule has 0 saturated heterocycles. The maximum atomic E-state index is 14.9. The normalized spacial score (nSPS) is 23.7. The number of hydrogen-bond acceptors (Lipinski definition) is 5. The monoisotopic (exact) mass is 549 g/mol. The molecular formula is C20H29BrFN3O5SSi. The summed E-state index contributed by atoms with van der Waals surface area (Å²) in [4.78, 5) is 17.4. The third-order valence-corrected chi connectivity index (χ3v) is 11.1. The first-order valence-electron chi connectivity index (χ1n) is 10.3. The van der Waals surface area contributed by atoms with Gasteiger partial charge in [0.25, 0.3) is 0 Å². The molecule has 1 spiro atoms. The minimum Gasteiger partial charge on any atom is -0.465 e. The summed E-state index contributed by atoms with van der Waals surface area (Å²) in [5, 5.41) is 9.83. The molecule has 1 unspecified atom stereocenters. The second kappa shape index (κ2) is 8.37. The summed E-state index contributed by atoms with van der Waals surface area (Å²) in [5.74, 6) is -0.900. The molecule has 1 atom stereocenters. The van der Waals surface area contributed by atoms with Gasteiger partial charge in [-0.3, -0.25) is 0 Å². The number of guanidine groups is 1. The van der Waals surface area contributed by atoms with E-state index in [1.807, 2.05) is 0 Å². The van der Waals surface area contributed by atoms with E-state index in [9.17, 15) is 22.7 Å². The SMILES string of the molecule is CN1C(N(COCC[Si](C)(C)C)C(=O)O)=NC(C)(c2cc(Br)ccc2F)C2(CC2)S1(=O)=O. The summed E-state index contributed by atoms with van der Waals surface area (Å²) >= 11 is 3.31. The van der Waals surface area contributed by atoms with Crippen molar-refractivity contribution in [2.45, 2.75) is 55.7 Å². The Labute approximate surface area is 197 Å². The van der Waals surface area contributed by atoms with Crippen molar-refractivity contribution in [3.05, 3.63) is 34.1 Å². The smallest absolute Gasteiger partial charge is 0.416 e. The molecular weight excluding hydrogens is 521 g/mol. The Kier molecular flexibility index (Phi) is 6.57. The summed E-state index contributed by atoms with van der Waals surface area (Å²) < 4.78 is 47.7. The van der Waals surface area contributed by atoms with Crippen molar-refractivity contribution in [1.82, 2.24) is 9.21 Å². The fourth-order valence-electron chi connectivity index (χ4n) is 3.99. The van der Waals surface area contributed by atoms with Gasteiger partial charge in [-0.1, -0.05) is 35.6 Å². The number of sulfonamides is 1. The van der Waals surface area contributed by atoms with Crippen LogP contribution >= 0.6 is 15.9 Å². The maximum Gasteiger partial charge on any atom is 0.416 e. The third kappa shape index (κ3) is 4.21. The minimum atomic E-state index is -4.03. The number of ether oxygens (including phenoxy) is 1. The number of benzene rings is 1. The largest absolute Gasteiger partial charge is 0.465 e. The molecule has 1 N–H and O–H groups in total.